The van der Waals surface area contributed by atoms with Gasteiger partial charge < -0.3 is 30.2 Å². The number of alkyl halides is 3. The molecule has 0 bridgehead atoms. The standard InChI is InChI=1S/C25H26F5N5O3.C2H5NO2/c1-34(2)21(37)9-5-3-4-8-20(36)31-18-7-6-12-35(24(18)38)14-19-32-22-15(10-11-25(28,29)30)16(26)13-17(27)23(22)33-19;1-5-2(3)4/h5-7,9,12-13H,3-4,8,10-11,14H2,1-2H3,(H,31,36)(H,32,33);1H3,(H2,3,4)/b9-5+;. The van der Waals surface area contributed by atoms with Gasteiger partial charge in [0.1, 0.15) is 22.8 Å². The highest BCUT2D eigenvalue weighted by molar-refractivity contribution is 5.90. The number of unbranched alkanes of at least 4 members (excludes halogenated alkanes) is 1. The van der Waals surface area contributed by atoms with Crippen molar-refractivity contribution in [2.24, 2.45) is 5.73 Å². The van der Waals surface area contributed by atoms with Gasteiger partial charge in [-0.2, -0.15) is 13.2 Å². The maximum absolute atomic E-state index is 14.3. The smallest absolute Gasteiger partial charge is 0.404 e. The van der Waals surface area contributed by atoms with Crippen molar-refractivity contribution in [2.45, 2.75) is 44.8 Å². The maximum Gasteiger partial charge on any atom is 0.404 e. The van der Waals surface area contributed by atoms with Gasteiger partial charge in [-0.3, -0.25) is 14.4 Å². The molecule has 0 fully saturated rings. The van der Waals surface area contributed by atoms with Crippen LogP contribution in [-0.4, -0.2) is 64.7 Å². The second-order valence-electron chi connectivity index (χ2n) is 9.29. The van der Waals surface area contributed by atoms with E-state index in [1.165, 1.54) is 36.4 Å². The van der Waals surface area contributed by atoms with E-state index in [0.717, 1.165) is 4.57 Å². The number of amides is 3. The van der Waals surface area contributed by atoms with Gasteiger partial charge in [0.05, 0.1) is 19.2 Å². The number of carbonyl (C=O) groups excluding carboxylic acids is 3. The van der Waals surface area contributed by atoms with E-state index < -0.39 is 48.2 Å². The summed E-state index contributed by atoms with van der Waals surface area (Å²) in [5, 5.41) is 2.52. The molecular formula is C27H31F5N6O5. The van der Waals surface area contributed by atoms with Crippen LogP contribution < -0.4 is 16.6 Å². The number of likely N-dealkylation sites (N-methyl/N-ethyl adjacent to an activating group) is 1. The molecule has 0 radical (unpaired) electrons. The van der Waals surface area contributed by atoms with E-state index in [0.29, 0.717) is 18.9 Å². The Kier molecular flexibility index (Phi) is 12.4. The Morgan fingerprint density at radius 3 is 2.49 bits per heavy atom. The van der Waals surface area contributed by atoms with E-state index >= 15 is 0 Å². The summed E-state index contributed by atoms with van der Waals surface area (Å²) in [6, 6.07) is 3.37. The first-order valence-corrected chi connectivity index (χ1v) is 12.8. The van der Waals surface area contributed by atoms with Crippen molar-refractivity contribution in [2.75, 3.05) is 26.5 Å². The summed E-state index contributed by atoms with van der Waals surface area (Å²) < 4.78 is 71.6. The largest absolute Gasteiger partial charge is 0.453 e. The number of aryl methyl sites for hydroxylation is 1. The summed E-state index contributed by atoms with van der Waals surface area (Å²) in [6.07, 6.45) is -1.80. The molecule has 0 aliphatic carbocycles. The Morgan fingerprint density at radius 1 is 1.21 bits per heavy atom. The van der Waals surface area contributed by atoms with E-state index in [-0.39, 0.29) is 47.0 Å². The molecule has 3 rings (SSSR count). The Hall–Kier alpha value is -4.76. The number of allylic oxidation sites excluding steroid dienone is 1. The molecule has 0 atom stereocenters. The van der Waals surface area contributed by atoms with E-state index in [1.54, 1.807) is 20.2 Å². The number of aromatic amines is 1. The highest BCUT2D eigenvalue weighted by Crippen LogP contribution is 2.28. The second-order valence-corrected chi connectivity index (χ2v) is 9.29. The fourth-order valence-corrected chi connectivity index (χ4v) is 3.63. The number of nitrogens with zero attached hydrogens (tertiary/aromatic N) is 3. The fraction of sp³-hybridized carbons (Fsp3) is 0.370. The molecule has 3 amide bonds. The molecule has 234 valence electrons. The number of nitrogens with one attached hydrogen (secondary N) is 2. The Labute approximate surface area is 242 Å². The van der Waals surface area contributed by atoms with Crippen LogP contribution in [0.2, 0.25) is 0 Å². The fourth-order valence-electron chi connectivity index (χ4n) is 3.63. The number of primary amides is 1. The van der Waals surface area contributed by atoms with Crippen molar-refractivity contribution in [3.05, 3.63) is 69.9 Å². The molecule has 1 aromatic carbocycles. The average molecular weight is 615 g/mol. The third kappa shape index (κ3) is 10.9. The number of H-pyrrole nitrogens is 1. The maximum atomic E-state index is 14.3. The molecule has 0 saturated carbocycles. The highest BCUT2D eigenvalue weighted by Gasteiger charge is 2.28. The van der Waals surface area contributed by atoms with Crippen molar-refractivity contribution in [3.63, 3.8) is 0 Å². The van der Waals surface area contributed by atoms with Crippen LogP contribution in [0.3, 0.4) is 0 Å². The number of anilines is 1. The third-order valence-corrected chi connectivity index (χ3v) is 5.77. The number of ether oxygens (including phenoxy) is 1. The first kappa shape index (κ1) is 34.4. The van der Waals surface area contributed by atoms with E-state index in [1.807, 2.05) is 0 Å². The van der Waals surface area contributed by atoms with Gasteiger partial charge in [-0.1, -0.05) is 6.08 Å². The quantitative estimate of drug-likeness (QED) is 0.178. The summed E-state index contributed by atoms with van der Waals surface area (Å²) in [5.74, 6) is -2.75. The Morgan fingerprint density at radius 2 is 1.88 bits per heavy atom. The normalized spacial score (nSPS) is 11.3. The van der Waals surface area contributed by atoms with E-state index in [9.17, 15) is 41.1 Å². The molecule has 4 N–H and O–H groups in total. The number of pyridine rings is 1. The lowest BCUT2D eigenvalue weighted by molar-refractivity contribution is -0.134. The number of hydrogen-bond acceptors (Lipinski definition) is 6. The zero-order chi connectivity index (χ0) is 32.3. The van der Waals surface area contributed by atoms with Gasteiger partial charge >= 0.3 is 12.3 Å². The number of halogens is 5. The molecule has 11 nitrogen and oxygen atoms in total. The summed E-state index contributed by atoms with van der Waals surface area (Å²) in [5.41, 5.74) is 2.92. The molecule has 2 aromatic heterocycles. The van der Waals surface area contributed by atoms with Gasteiger partial charge in [0, 0.05) is 44.8 Å². The van der Waals surface area contributed by atoms with Crippen molar-refractivity contribution >= 4 is 34.6 Å². The van der Waals surface area contributed by atoms with Gasteiger partial charge in [0.25, 0.3) is 5.56 Å². The summed E-state index contributed by atoms with van der Waals surface area (Å²) >= 11 is 0. The molecule has 0 aliphatic heterocycles. The first-order chi connectivity index (χ1) is 20.1. The molecule has 0 aliphatic rings. The van der Waals surface area contributed by atoms with Gasteiger partial charge in [-0.15, -0.1) is 0 Å². The molecule has 3 aromatic rings. The van der Waals surface area contributed by atoms with E-state index in [2.05, 4.69) is 25.8 Å². The topological polar surface area (TPSA) is 152 Å². The SMILES string of the molecule is CN(C)C(=O)/C=C/CCCC(=O)Nc1cccn(Cc2nc3c(F)cc(F)c(CCC(F)(F)F)c3[nH]2)c1=O.COC(N)=O. The van der Waals surface area contributed by atoms with Crippen LogP contribution in [0.5, 0.6) is 0 Å². The van der Waals surface area contributed by atoms with Crippen LogP contribution in [0.25, 0.3) is 11.0 Å². The number of hydrogen-bond donors (Lipinski definition) is 3. The highest BCUT2D eigenvalue weighted by atomic mass is 19.4. The van der Waals surface area contributed by atoms with Gasteiger partial charge in [-0.05, 0) is 37.5 Å². The third-order valence-electron chi connectivity index (χ3n) is 5.77. The van der Waals surface area contributed by atoms with Crippen molar-refractivity contribution < 1.29 is 41.1 Å². The van der Waals surface area contributed by atoms with Crippen molar-refractivity contribution in [1.82, 2.24) is 19.4 Å². The van der Waals surface area contributed by atoms with Gasteiger partial charge in [0.15, 0.2) is 5.82 Å². The zero-order valence-electron chi connectivity index (χ0n) is 23.6. The number of fused-ring (bicyclic) bond motifs is 1. The molecule has 0 saturated heterocycles. The van der Waals surface area contributed by atoms with Crippen LogP contribution in [0.15, 0.2) is 41.3 Å². The van der Waals surface area contributed by atoms with Crippen molar-refractivity contribution in [3.8, 4) is 0 Å². The predicted molar refractivity (Wildman–Crippen MR) is 147 cm³/mol. The lowest BCUT2D eigenvalue weighted by Gasteiger charge is -2.08. The molecule has 16 heteroatoms. The lowest BCUT2D eigenvalue weighted by atomic mass is 10.1. The monoisotopic (exact) mass is 614 g/mol. The molecular weight excluding hydrogens is 583 g/mol. The Bertz CT molecular complexity index is 1530. The second kappa shape index (κ2) is 15.5. The Balaban J connectivity index is 0.00000119. The molecule has 2 heterocycles. The number of benzene rings is 1. The minimum atomic E-state index is -4.53. The van der Waals surface area contributed by atoms with E-state index in [4.69, 9.17) is 0 Å². The summed E-state index contributed by atoms with van der Waals surface area (Å²) in [4.78, 5) is 54.0. The average Bonchev–Trinajstić information content (AvgIpc) is 3.34. The molecule has 0 spiro atoms. The zero-order valence-corrected chi connectivity index (χ0v) is 23.6. The van der Waals surface area contributed by atoms with Gasteiger partial charge in [-0.25, -0.2) is 18.6 Å². The minimum Gasteiger partial charge on any atom is -0.453 e. The van der Waals surface area contributed by atoms with Crippen LogP contribution >= 0.6 is 0 Å². The number of imidazole rings is 1. The van der Waals surface area contributed by atoms with Crippen LogP contribution in [0, 0.1) is 11.6 Å². The molecule has 43 heavy (non-hydrogen) atoms. The minimum absolute atomic E-state index is 0.0161. The number of nitrogens with two attached hydrogens (primary N) is 1. The predicted octanol–water partition coefficient (Wildman–Crippen LogP) is 4.01. The summed E-state index contributed by atoms with van der Waals surface area (Å²) in [6.45, 7) is -0.234. The summed E-state index contributed by atoms with van der Waals surface area (Å²) in [7, 11) is 4.46. The van der Waals surface area contributed by atoms with Crippen LogP contribution in [-0.2, 0) is 27.3 Å². The van der Waals surface area contributed by atoms with Crippen molar-refractivity contribution in [1.29, 1.82) is 0 Å². The number of methoxy groups -OCH3 is 1. The van der Waals surface area contributed by atoms with Crippen LogP contribution in [0.4, 0.5) is 32.4 Å². The molecule has 0 unspecified atom stereocenters. The number of rotatable bonds is 10. The number of aromatic nitrogens is 3. The first-order valence-electron chi connectivity index (χ1n) is 12.8. The number of carbonyl (C=O) groups is 3. The lowest BCUT2D eigenvalue weighted by Crippen LogP contribution is -2.26. The van der Waals surface area contributed by atoms with Gasteiger partial charge in [0.2, 0.25) is 11.8 Å². The van der Waals surface area contributed by atoms with Crippen LogP contribution in [0.1, 0.15) is 37.1 Å².